The molecule has 108 valence electrons. The van der Waals surface area contributed by atoms with Gasteiger partial charge < -0.3 is 4.98 Å². The molecule has 2 aromatic heterocycles. The lowest BCUT2D eigenvalue weighted by molar-refractivity contribution is 0.497. The Bertz CT molecular complexity index is 845. The summed E-state index contributed by atoms with van der Waals surface area (Å²) in [4.78, 5) is 20.3. The van der Waals surface area contributed by atoms with Crippen LogP contribution in [-0.2, 0) is 18.4 Å². The quantitative estimate of drug-likeness (QED) is 0.685. The number of nitrogens with one attached hydrogen (secondary N) is 1. The molecule has 0 spiro atoms. The molecule has 1 N–H and O–H groups in total. The highest BCUT2D eigenvalue weighted by atomic mass is 32.1. The van der Waals surface area contributed by atoms with E-state index in [-0.39, 0.29) is 11.0 Å². The van der Waals surface area contributed by atoms with Crippen molar-refractivity contribution in [3.05, 3.63) is 57.4 Å². The van der Waals surface area contributed by atoms with Crippen molar-refractivity contribution in [1.29, 1.82) is 0 Å². The van der Waals surface area contributed by atoms with Crippen LogP contribution >= 0.6 is 12.2 Å². The Balaban J connectivity index is 2.42. The third-order valence-electron chi connectivity index (χ3n) is 3.98. The van der Waals surface area contributed by atoms with Gasteiger partial charge in [0.15, 0.2) is 4.77 Å². The van der Waals surface area contributed by atoms with Gasteiger partial charge in [0.2, 0.25) is 0 Å². The molecule has 0 radical (unpaired) electrons. The van der Waals surface area contributed by atoms with Crippen molar-refractivity contribution in [3.63, 3.8) is 0 Å². The highest BCUT2D eigenvalue weighted by Crippen LogP contribution is 2.39. The van der Waals surface area contributed by atoms with E-state index >= 15 is 0 Å². The number of pyridine rings is 1. The number of aromatic nitrogens is 3. The van der Waals surface area contributed by atoms with E-state index in [1.165, 1.54) is 0 Å². The lowest BCUT2D eigenvalue weighted by Crippen LogP contribution is -2.38. The summed E-state index contributed by atoms with van der Waals surface area (Å²) in [6.45, 7) is 8.28. The van der Waals surface area contributed by atoms with E-state index < -0.39 is 0 Å². The number of nitrogens with zero attached hydrogens (tertiary/aromatic N) is 2. The van der Waals surface area contributed by atoms with Gasteiger partial charge in [-0.2, -0.15) is 0 Å². The average molecular weight is 299 g/mol. The lowest BCUT2D eigenvalue weighted by atomic mass is 9.73. The molecule has 0 saturated heterocycles. The van der Waals surface area contributed by atoms with Gasteiger partial charge >= 0.3 is 0 Å². The first-order valence-electron chi connectivity index (χ1n) is 6.87. The Morgan fingerprint density at radius 2 is 2.33 bits per heavy atom. The fourth-order valence-corrected chi connectivity index (χ4v) is 3.33. The first-order valence-corrected chi connectivity index (χ1v) is 7.28. The first-order chi connectivity index (χ1) is 9.95. The van der Waals surface area contributed by atoms with Crippen molar-refractivity contribution in [3.8, 4) is 11.3 Å². The van der Waals surface area contributed by atoms with E-state index in [4.69, 9.17) is 12.2 Å². The van der Waals surface area contributed by atoms with Crippen LogP contribution in [0.15, 0.2) is 35.9 Å². The van der Waals surface area contributed by atoms with Crippen LogP contribution in [0.2, 0.25) is 0 Å². The molecule has 1 aliphatic carbocycles. The van der Waals surface area contributed by atoms with Crippen LogP contribution in [0.1, 0.15) is 25.0 Å². The zero-order chi connectivity index (χ0) is 15.2. The van der Waals surface area contributed by atoms with E-state index in [0.717, 1.165) is 28.8 Å². The molecular weight excluding hydrogens is 282 g/mol. The summed E-state index contributed by atoms with van der Waals surface area (Å²) in [5.41, 5.74) is 3.50. The minimum absolute atomic E-state index is 0.0267. The average Bonchev–Trinajstić information content (AvgIpc) is 2.42. The number of rotatable bonds is 2. The van der Waals surface area contributed by atoms with Gasteiger partial charge in [-0.15, -0.1) is 6.58 Å². The maximum absolute atomic E-state index is 12.9. The van der Waals surface area contributed by atoms with E-state index in [0.29, 0.717) is 11.3 Å². The molecule has 5 heteroatoms. The largest absolute Gasteiger partial charge is 0.331 e. The minimum atomic E-state index is -0.259. The second-order valence-electron chi connectivity index (χ2n) is 5.98. The Labute approximate surface area is 128 Å². The Kier molecular flexibility index (Phi) is 3.17. The lowest BCUT2D eigenvalue weighted by Gasteiger charge is -2.33. The monoisotopic (exact) mass is 299 g/mol. The summed E-state index contributed by atoms with van der Waals surface area (Å²) in [7, 11) is 0. The van der Waals surface area contributed by atoms with Crippen molar-refractivity contribution in [2.24, 2.45) is 0 Å². The third-order valence-corrected chi connectivity index (χ3v) is 4.30. The Morgan fingerprint density at radius 3 is 3.05 bits per heavy atom. The topological polar surface area (TPSA) is 50.7 Å². The zero-order valence-corrected chi connectivity index (χ0v) is 13.0. The van der Waals surface area contributed by atoms with Crippen LogP contribution in [0.3, 0.4) is 0 Å². The van der Waals surface area contributed by atoms with E-state index in [1.54, 1.807) is 16.8 Å². The molecule has 0 aliphatic heterocycles. The van der Waals surface area contributed by atoms with Crippen molar-refractivity contribution >= 4 is 12.2 Å². The molecule has 3 rings (SSSR count). The van der Waals surface area contributed by atoms with Gasteiger partial charge in [0.1, 0.15) is 0 Å². The maximum Gasteiger partial charge on any atom is 0.258 e. The molecule has 2 heterocycles. The first kappa shape index (κ1) is 13.9. The molecule has 0 fully saturated rings. The molecule has 2 aromatic rings. The summed E-state index contributed by atoms with van der Waals surface area (Å²) in [5, 5.41) is 0. The number of hydrogen-bond donors (Lipinski definition) is 1. The van der Waals surface area contributed by atoms with Gasteiger partial charge in [-0.1, -0.05) is 19.9 Å². The van der Waals surface area contributed by atoms with Gasteiger partial charge in [0, 0.05) is 35.5 Å². The smallest absolute Gasteiger partial charge is 0.258 e. The summed E-state index contributed by atoms with van der Waals surface area (Å²) < 4.78 is 1.99. The van der Waals surface area contributed by atoms with Crippen molar-refractivity contribution in [2.75, 3.05) is 0 Å². The van der Waals surface area contributed by atoms with Gasteiger partial charge in [0.05, 0.1) is 5.69 Å². The third kappa shape index (κ3) is 2.08. The molecule has 21 heavy (non-hydrogen) atoms. The van der Waals surface area contributed by atoms with Crippen LogP contribution in [0.25, 0.3) is 11.3 Å². The van der Waals surface area contributed by atoms with Crippen molar-refractivity contribution in [1.82, 2.24) is 14.5 Å². The molecule has 0 bridgehead atoms. The van der Waals surface area contributed by atoms with Crippen molar-refractivity contribution in [2.45, 2.75) is 32.2 Å². The minimum Gasteiger partial charge on any atom is -0.331 e. The molecule has 0 unspecified atom stereocenters. The van der Waals surface area contributed by atoms with E-state index in [2.05, 4.69) is 30.4 Å². The summed E-state index contributed by atoms with van der Waals surface area (Å²) in [6.07, 6.45) is 6.08. The number of hydrogen-bond acceptors (Lipinski definition) is 3. The number of fused-ring (bicyclic) bond motifs is 3. The van der Waals surface area contributed by atoms with E-state index in [1.807, 2.05) is 12.3 Å². The molecule has 0 aromatic carbocycles. The van der Waals surface area contributed by atoms with Gasteiger partial charge in [-0.3, -0.25) is 14.3 Å². The Morgan fingerprint density at radius 1 is 1.57 bits per heavy atom. The second kappa shape index (κ2) is 4.77. The molecule has 4 nitrogen and oxygen atoms in total. The predicted octanol–water partition coefficient (Wildman–Crippen LogP) is 2.99. The molecular formula is C16H17N3OS. The van der Waals surface area contributed by atoms with Crippen molar-refractivity contribution < 1.29 is 0 Å². The molecule has 1 aliphatic rings. The molecule has 0 amide bonds. The summed E-state index contributed by atoms with van der Waals surface area (Å²) >= 11 is 5.34. The highest BCUT2D eigenvalue weighted by molar-refractivity contribution is 7.71. The number of allylic oxidation sites excluding steroid dienone is 1. The Hall–Kier alpha value is -2.01. The number of H-pyrrole nitrogens is 1. The summed E-state index contributed by atoms with van der Waals surface area (Å²) in [6, 6.07) is 1.94. The van der Waals surface area contributed by atoms with Crippen LogP contribution in [0, 0.1) is 4.77 Å². The normalized spacial score (nSPS) is 15.1. The van der Waals surface area contributed by atoms with Gasteiger partial charge in [-0.05, 0) is 30.3 Å². The highest BCUT2D eigenvalue weighted by Gasteiger charge is 2.34. The standard InChI is InChI=1S/C16H17N3OS/c1-4-7-19-14(20)12-13(18-15(19)21)11-5-6-17-9-10(11)8-16(12,2)3/h4-6,9H,1,7-8H2,2-3H3,(H,18,21). The number of aromatic amines is 1. The van der Waals surface area contributed by atoms with Crippen LogP contribution in [0.5, 0.6) is 0 Å². The SMILES string of the molecule is C=CCn1c(=S)[nH]c2c(c1=O)C(C)(C)Cc1cnccc1-2. The second-order valence-corrected chi connectivity index (χ2v) is 6.36. The van der Waals surface area contributed by atoms with Gasteiger partial charge in [-0.25, -0.2) is 0 Å². The fraction of sp³-hybridized carbons (Fsp3) is 0.312. The maximum atomic E-state index is 12.9. The summed E-state index contributed by atoms with van der Waals surface area (Å²) in [5.74, 6) is 0. The van der Waals surface area contributed by atoms with E-state index in [9.17, 15) is 4.79 Å². The van der Waals surface area contributed by atoms with Crippen LogP contribution < -0.4 is 5.56 Å². The molecule has 0 saturated carbocycles. The van der Waals surface area contributed by atoms with Gasteiger partial charge in [0.25, 0.3) is 5.56 Å². The van der Waals surface area contributed by atoms with Crippen LogP contribution in [-0.4, -0.2) is 14.5 Å². The predicted molar refractivity (Wildman–Crippen MR) is 86.0 cm³/mol. The molecule has 0 atom stereocenters. The van der Waals surface area contributed by atoms with Crippen LogP contribution in [0.4, 0.5) is 0 Å². The fourth-order valence-electron chi connectivity index (χ4n) is 3.07. The zero-order valence-electron chi connectivity index (χ0n) is 12.1.